The van der Waals surface area contributed by atoms with Gasteiger partial charge in [0.15, 0.2) is 0 Å². The average Bonchev–Trinajstić information content (AvgIpc) is 3.01. The largest absolute Gasteiger partial charge is 0.371 e. The van der Waals surface area contributed by atoms with E-state index in [-0.39, 0.29) is 12.1 Å². The van der Waals surface area contributed by atoms with Crippen LogP contribution in [0.3, 0.4) is 0 Å². The van der Waals surface area contributed by atoms with Gasteiger partial charge in [0.1, 0.15) is 11.9 Å². The predicted molar refractivity (Wildman–Crippen MR) is 78.2 cm³/mol. The lowest BCUT2D eigenvalue weighted by molar-refractivity contribution is 0.107. The molecule has 2 atom stereocenters. The summed E-state index contributed by atoms with van der Waals surface area (Å²) < 4.78 is 7.55. The number of hydrogen-bond donors (Lipinski definition) is 1. The summed E-state index contributed by atoms with van der Waals surface area (Å²) in [6.45, 7) is 0.697. The molecule has 2 aromatic heterocycles. The Morgan fingerprint density at radius 1 is 1.40 bits per heavy atom. The number of nitrogens with one attached hydrogen (secondary N) is 1. The van der Waals surface area contributed by atoms with E-state index in [0.29, 0.717) is 22.5 Å². The van der Waals surface area contributed by atoms with Crippen LogP contribution >= 0.6 is 23.2 Å². The highest BCUT2D eigenvalue weighted by molar-refractivity contribution is 6.35. The van der Waals surface area contributed by atoms with Gasteiger partial charge < -0.3 is 10.1 Å². The monoisotopic (exact) mass is 312 g/mol. The number of aromatic nitrogens is 3. The summed E-state index contributed by atoms with van der Waals surface area (Å²) in [7, 11) is 1.89. The molecule has 106 valence electrons. The van der Waals surface area contributed by atoms with Crippen LogP contribution in [0.25, 0.3) is 0 Å². The summed E-state index contributed by atoms with van der Waals surface area (Å²) in [5, 5.41) is 8.54. The van der Waals surface area contributed by atoms with E-state index in [9.17, 15) is 0 Å². The van der Waals surface area contributed by atoms with Crippen molar-refractivity contribution in [3.8, 4) is 0 Å². The van der Waals surface area contributed by atoms with Crippen LogP contribution in [0.2, 0.25) is 10.0 Å². The van der Waals surface area contributed by atoms with E-state index in [0.717, 1.165) is 12.0 Å². The molecular formula is C13H14Cl2N4O. The fourth-order valence-corrected chi connectivity index (χ4v) is 2.78. The quantitative estimate of drug-likeness (QED) is 0.946. The molecule has 1 fully saturated rings. The molecule has 2 aromatic rings. The van der Waals surface area contributed by atoms with E-state index in [2.05, 4.69) is 15.4 Å². The predicted octanol–water partition coefficient (Wildman–Crippen LogP) is 3.06. The Kier molecular flexibility index (Phi) is 3.83. The van der Waals surface area contributed by atoms with Gasteiger partial charge in [-0.2, -0.15) is 5.10 Å². The highest BCUT2D eigenvalue weighted by Gasteiger charge is 2.31. The molecule has 1 saturated heterocycles. The Hall–Kier alpha value is -1.30. The minimum absolute atomic E-state index is 0.0442. The maximum absolute atomic E-state index is 6.14. The second-order valence-corrected chi connectivity index (χ2v) is 5.61. The highest BCUT2D eigenvalue weighted by atomic mass is 35.5. The van der Waals surface area contributed by atoms with Gasteiger partial charge in [0.25, 0.3) is 0 Å². The first-order valence-electron chi connectivity index (χ1n) is 6.31. The van der Waals surface area contributed by atoms with Crippen molar-refractivity contribution in [2.75, 3.05) is 11.9 Å². The summed E-state index contributed by atoms with van der Waals surface area (Å²) in [5.74, 6) is 0.625. The third-order valence-corrected chi connectivity index (χ3v) is 3.77. The normalized spacial score (nSPS) is 22.1. The minimum Gasteiger partial charge on any atom is -0.371 e. The van der Waals surface area contributed by atoms with E-state index >= 15 is 0 Å². The number of ether oxygens (including phenoxy) is 1. The van der Waals surface area contributed by atoms with Crippen LogP contribution < -0.4 is 5.32 Å². The van der Waals surface area contributed by atoms with Crippen molar-refractivity contribution >= 4 is 29.0 Å². The molecule has 0 saturated carbocycles. The second-order valence-electron chi connectivity index (χ2n) is 4.76. The smallest absolute Gasteiger partial charge is 0.145 e. The van der Waals surface area contributed by atoms with Crippen LogP contribution in [0.15, 0.2) is 24.7 Å². The Balaban J connectivity index is 1.79. The zero-order chi connectivity index (χ0) is 14.1. The molecule has 5 nitrogen and oxygen atoms in total. The van der Waals surface area contributed by atoms with Crippen LogP contribution in [-0.4, -0.2) is 27.4 Å². The van der Waals surface area contributed by atoms with Crippen LogP contribution in [0.4, 0.5) is 5.82 Å². The summed E-state index contributed by atoms with van der Waals surface area (Å²) in [6.07, 6.45) is 6.20. The Morgan fingerprint density at radius 2 is 2.25 bits per heavy atom. The van der Waals surface area contributed by atoms with E-state index < -0.39 is 0 Å². The van der Waals surface area contributed by atoms with Crippen molar-refractivity contribution in [1.82, 2.24) is 14.8 Å². The van der Waals surface area contributed by atoms with Gasteiger partial charge in [-0.1, -0.05) is 23.2 Å². The second kappa shape index (κ2) is 5.60. The number of rotatable bonds is 3. The van der Waals surface area contributed by atoms with Gasteiger partial charge in [-0.25, -0.2) is 4.98 Å². The molecule has 1 aliphatic heterocycles. The number of aryl methyl sites for hydroxylation is 1. The number of nitrogens with zero attached hydrogens (tertiary/aromatic N) is 3. The van der Waals surface area contributed by atoms with Crippen LogP contribution in [0, 0.1) is 0 Å². The molecule has 0 aliphatic carbocycles. The molecule has 0 amide bonds. The Bertz CT molecular complexity index is 616. The lowest BCUT2D eigenvalue weighted by atomic mass is 10.1. The Morgan fingerprint density at radius 3 is 2.95 bits per heavy atom. The van der Waals surface area contributed by atoms with Crippen LogP contribution in [0.5, 0.6) is 0 Å². The van der Waals surface area contributed by atoms with E-state index in [1.807, 2.05) is 19.4 Å². The molecule has 0 bridgehead atoms. The molecule has 3 heterocycles. The molecule has 1 aliphatic rings. The summed E-state index contributed by atoms with van der Waals surface area (Å²) >= 11 is 12.0. The third kappa shape index (κ3) is 2.75. The maximum atomic E-state index is 6.14. The molecule has 0 unspecified atom stereocenters. The molecule has 7 heteroatoms. The lowest BCUT2D eigenvalue weighted by Crippen LogP contribution is -2.23. The van der Waals surface area contributed by atoms with E-state index in [4.69, 9.17) is 27.9 Å². The van der Waals surface area contributed by atoms with Crippen molar-refractivity contribution in [3.63, 3.8) is 0 Å². The Labute approximate surface area is 126 Å². The summed E-state index contributed by atoms with van der Waals surface area (Å²) in [5.41, 5.74) is 1.05. The first-order valence-corrected chi connectivity index (χ1v) is 7.07. The maximum Gasteiger partial charge on any atom is 0.145 e. The summed E-state index contributed by atoms with van der Waals surface area (Å²) in [6, 6.07) is 1.79. The number of pyridine rings is 1. The standard InChI is InChI=1S/C13H14Cl2N4O/c1-19-7-8(5-17-19)12-11(2-3-20-12)18-13-10(15)4-9(14)6-16-13/h4-7,11-12H,2-3H2,1H3,(H,16,18)/t11-,12+/m0/s1. The number of hydrogen-bond acceptors (Lipinski definition) is 4. The van der Waals surface area contributed by atoms with E-state index in [1.54, 1.807) is 16.9 Å². The van der Waals surface area contributed by atoms with Crippen LogP contribution in [0.1, 0.15) is 18.1 Å². The van der Waals surface area contributed by atoms with Gasteiger partial charge in [-0.3, -0.25) is 4.68 Å². The first kappa shape index (κ1) is 13.7. The molecule has 0 radical (unpaired) electrons. The average molecular weight is 313 g/mol. The fraction of sp³-hybridized carbons (Fsp3) is 0.385. The van der Waals surface area contributed by atoms with Crippen molar-refractivity contribution in [1.29, 1.82) is 0 Å². The van der Waals surface area contributed by atoms with Crippen LogP contribution in [-0.2, 0) is 11.8 Å². The van der Waals surface area contributed by atoms with E-state index in [1.165, 1.54) is 0 Å². The lowest BCUT2D eigenvalue weighted by Gasteiger charge is -2.19. The molecule has 1 N–H and O–H groups in total. The number of anilines is 1. The first-order chi connectivity index (χ1) is 9.63. The molecule has 0 aromatic carbocycles. The summed E-state index contributed by atoms with van der Waals surface area (Å²) in [4.78, 5) is 4.22. The van der Waals surface area contributed by atoms with Gasteiger partial charge >= 0.3 is 0 Å². The molecule has 20 heavy (non-hydrogen) atoms. The molecule has 0 spiro atoms. The minimum atomic E-state index is -0.0442. The fourth-order valence-electron chi connectivity index (χ4n) is 2.35. The van der Waals surface area contributed by atoms with Crippen molar-refractivity contribution in [2.45, 2.75) is 18.6 Å². The number of halogens is 2. The van der Waals surface area contributed by atoms with Crippen molar-refractivity contribution in [3.05, 3.63) is 40.3 Å². The zero-order valence-corrected chi connectivity index (χ0v) is 12.4. The van der Waals surface area contributed by atoms with Gasteiger partial charge in [0.2, 0.25) is 0 Å². The van der Waals surface area contributed by atoms with Gasteiger partial charge in [0.05, 0.1) is 22.3 Å². The topological polar surface area (TPSA) is 52.0 Å². The highest BCUT2D eigenvalue weighted by Crippen LogP contribution is 2.32. The van der Waals surface area contributed by atoms with Crippen molar-refractivity contribution in [2.24, 2.45) is 7.05 Å². The van der Waals surface area contributed by atoms with Gasteiger partial charge in [-0.15, -0.1) is 0 Å². The van der Waals surface area contributed by atoms with Gasteiger partial charge in [-0.05, 0) is 12.5 Å². The SMILES string of the molecule is Cn1cc([C@H]2OCC[C@@H]2Nc2ncc(Cl)cc2Cl)cn1. The molecule has 3 rings (SSSR count). The zero-order valence-electron chi connectivity index (χ0n) is 10.9. The third-order valence-electron chi connectivity index (χ3n) is 3.28. The van der Waals surface area contributed by atoms with Crippen molar-refractivity contribution < 1.29 is 4.74 Å². The van der Waals surface area contributed by atoms with Gasteiger partial charge in [0, 0.05) is 31.6 Å². The molecular weight excluding hydrogens is 299 g/mol.